The van der Waals surface area contributed by atoms with E-state index in [1.165, 1.54) is 0 Å². The smallest absolute Gasteiger partial charge is 0.126 e. The number of fused-ring (bicyclic) bond motifs is 1. The second-order valence-corrected chi connectivity index (χ2v) is 3.26. The van der Waals surface area contributed by atoms with Crippen molar-refractivity contribution in [1.82, 2.24) is 4.98 Å². The average molecular weight is 202 g/mol. The highest BCUT2D eigenvalue weighted by Crippen LogP contribution is 2.28. The van der Waals surface area contributed by atoms with Crippen LogP contribution in [0.15, 0.2) is 30.5 Å². The maximum Gasteiger partial charge on any atom is 0.126 e. The van der Waals surface area contributed by atoms with Crippen molar-refractivity contribution in [2.24, 2.45) is 5.73 Å². The topological polar surface area (TPSA) is 51.0 Å². The van der Waals surface area contributed by atoms with E-state index in [0.717, 1.165) is 22.2 Å². The van der Waals surface area contributed by atoms with Gasteiger partial charge in [-0.2, -0.15) is 0 Å². The van der Waals surface area contributed by atoms with E-state index in [1.54, 1.807) is 7.11 Å². The monoisotopic (exact) mass is 202 g/mol. The van der Waals surface area contributed by atoms with Gasteiger partial charge in [-0.3, -0.25) is 0 Å². The number of hydrogen-bond donors (Lipinski definition) is 2. The highest BCUT2D eigenvalue weighted by molar-refractivity contribution is 5.91. The van der Waals surface area contributed by atoms with Crippen molar-refractivity contribution in [3.05, 3.63) is 36.0 Å². The number of H-pyrrole nitrogens is 1. The summed E-state index contributed by atoms with van der Waals surface area (Å²) < 4.78 is 5.31. The van der Waals surface area contributed by atoms with Gasteiger partial charge < -0.3 is 15.5 Å². The highest BCUT2D eigenvalue weighted by Gasteiger charge is 2.05. The van der Waals surface area contributed by atoms with Crippen LogP contribution in [0.2, 0.25) is 0 Å². The van der Waals surface area contributed by atoms with Gasteiger partial charge in [0.1, 0.15) is 5.75 Å². The molecule has 3 heteroatoms. The summed E-state index contributed by atoms with van der Waals surface area (Å²) in [6, 6.07) is 6.00. The number of aromatic nitrogens is 1. The molecule has 2 aromatic rings. The van der Waals surface area contributed by atoms with Gasteiger partial charge in [0.25, 0.3) is 0 Å². The van der Waals surface area contributed by atoms with E-state index < -0.39 is 0 Å². The Morgan fingerprint density at radius 3 is 3.00 bits per heavy atom. The van der Waals surface area contributed by atoms with Gasteiger partial charge in [-0.25, -0.2) is 0 Å². The molecule has 0 atom stereocenters. The maximum absolute atomic E-state index is 5.45. The second-order valence-electron chi connectivity index (χ2n) is 3.26. The molecule has 0 aliphatic rings. The van der Waals surface area contributed by atoms with Crippen LogP contribution in [0, 0.1) is 0 Å². The lowest BCUT2D eigenvalue weighted by molar-refractivity contribution is 0.414. The van der Waals surface area contributed by atoms with Crippen molar-refractivity contribution in [1.29, 1.82) is 0 Å². The minimum absolute atomic E-state index is 0.532. The molecule has 78 valence electrons. The van der Waals surface area contributed by atoms with Crippen LogP contribution in [0.5, 0.6) is 5.75 Å². The zero-order valence-corrected chi connectivity index (χ0v) is 8.66. The second kappa shape index (κ2) is 4.19. The first kappa shape index (κ1) is 9.80. The van der Waals surface area contributed by atoms with E-state index in [4.69, 9.17) is 10.5 Å². The molecular weight excluding hydrogens is 188 g/mol. The maximum atomic E-state index is 5.45. The first-order chi connectivity index (χ1) is 7.36. The molecule has 1 aromatic carbocycles. The fraction of sp³-hybridized carbons (Fsp3) is 0.167. The van der Waals surface area contributed by atoms with Gasteiger partial charge >= 0.3 is 0 Å². The lowest BCUT2D eigenvalue weighted by atomic mass is 10.1. The van der Waals surface area contributed by atoms with Gasteiger partial charge in [0, 0.05) is 29.2 Å². The SMILES string of the molecule is COc1ccc2[nH]ccc2c1/C=C/CN. The molecule has 0 fully saturated rings. The molecule has 0 radical (unpaired) electrons. The van der Waals surface area contributed by atoms with Crippen LogP contribution in [0.4, 0.5) is 0 Å². The third kappa shape index (κ3) is 1.74. The van der Waals surface area contributed by atoms with Gasteiger partial charge in [0.05, 0.1) is 7.11 Å². The van der Waals surface area contributed by atoms with Crippen LogP contribution < -0.4 is 10.5 Å². The number of hydrogen-bond acceptors (Lipinski definition) is 2. The lowest BCUT2D eigenvalue weighted by Gasteiger charge is -2.05. The van der Waals surface area contributed by atoms with E-state index in [1.807, 2.05) is 36.5 Å². The molecule has 1 heterocycles. The molecule has 3 nitrogen and oxygen atoms in total. The number of benzene rings is 1. The number of aromatic amines is 1. The minimum Gasteiger partial charge on any atom is -0.496 e. The molecule has 2 rings (SSSR count). The largest absolute Gasteiger partial charge is 0.496 e. The molecule has 3 N–H and O–H groups in total. The molecule has 15 heavy (non-hydrogen) atoms. The summed E-state index contributed by atoms with van der Waals surface area (Å²) >= 11 is 0. The Kier molecular flexibility index (Phi) is 2.74. The Labute approximate surface area is 88.5 Å². The quantitative estimate of drug-likeness (QED) is 0.801. The van der Waals surface area contributed by atoms with Crippen molar-refractivity contribution in [3.8, 4) is 5.75 Å². The summed E-state index contributed by atoms with van der Waals surface area (Å²) in [5.41, 5.74) is 7.63. The summed E-state index contributed by atoms with van der Waals surface area (Å²) in [5, 5.41) is 1.15. The Balaban J connectivity index is 2.63. The van der Waals surface area contributed by atoms with Crippen molar-refractivity contribution < 1.29 is 4.74 Å². The summed E-state index contributed by atoms with van der Waals surface area (Å²) in [6.07, 6.45) is 5.84. The van der Waals surface area contributed by atoms with E-state index in [9.17, 15) is 0 Å². The number of rotatable bonds is 3. The Morgan fingerprint density at radius 1 is 1.40 bits per heavy atom. The van der Waals surface area contributed by atoms with Crippen LogP contribution in [0.3, 0.4) is 0 Å². The number of nitrogens with two attached hydrogens (primary N) is 1. The molecular formula is C12H14N2O. The highest BCUT2D eigenvalue weighted by atomic mass is 16.5. The third-order valence-corrected chi connectivity index (χ3v) is 2.38. The minimum atomic E-state index is 0.532. The van der Waals surface area contributed by atoms with E-state index in [0.29, 0.717) is 6.54 Å². The van der Waals surface area contributed by atoms with Crippen LogP contribution in [0.25, 0.3) is 17.0 Å². The van der Waals surface area contributed by atoms with Crippen LogP contribution in [0.1, 0.15) is 5.56 Å². The van der Waals surface area contributed by atoms with Crippen molar-refractivity contribution in [2.75, 3.05) is 13.7 Å². The Bertz CT molecular complexity index is 485. The molecule has 0 bridgehead atoms. The van der Waals surface area contributed by atoms with Gasteiger partial charge in [-0.05, 0) is 18.2 Å². The van der Waals surface area contributed by atoms with E-state index >= 15 is 0 Å². The summed E-state index contributed by atoms with van der Waals surface area (Å²) in [6.45, 7) is 0.532. The van der Waals surface area contributed by atoms with Crippen LogP contribution in [-0.2, 0) is 0 Å². The predicted octanol–water partition coefficient (Wildman–Crippen LogP) is 2.15. The first-order valence-electron chi connectivity index (χ1n) is 4.87. The van der Waals surface area contributed by atoms with Crippen molar-refractivity contribution >= 4 is 17.0 Å². The fourth-order valence-corrected chi connectivity index (χ4v) is 1.67. The predicted molar refractivity (Wildman–Crippen MR) is 62.9 cm³/mol. The number of nitrogens with one attached hydrogen (secondary N) is 1. The van der Waals surface area contributed by atoms with E-state index in [-0.39, 0.29) is 0 Å². The molecule has 0 aliphatic carbocycles. The molecule has 0 saturated carbocycles. The van der Waals surface area contributed by atoms with Crippen molar-refractivity contribution in [2.45, 2.75) is 0 Å². The van der Waals surface area contributed by atoms with Gasteiger partial charge in [0.2, 0.25) is 0 Å². The summed E-state index contributed by atoms with van der Waals surface area (Å²) in [5.74, 6) is 0.867. The van der Waals surface area contributed by atoms with Crippen molar-refractivity contribution in [3.63, 3.8) is 0 Å². The zero-order chi connectivity index (χ0) is 10.7. The van der Waals surface area contributed by atoms with Gasteiger partial charge in [-0.1, -0.05) is 12.2 Å². The van der Waals surface area contributed by atoms with E-state index in [2.05, 4.69) is 4.98 Å². The molecule has 0 unspecified atom stereocenters. The average Bonchev–Trinajstić information content (AvgIpc) is 2.73. The number of ether oxygens (including phenoxy) is 1. The van der Waals surface area contributed by atoms with Gasteiger partial charge in [-0.15, -0.1) is 0 Å². The first-order valence-corrected chi connectivity index (χ1v) is 4.87. The zero-order valence-electron chi connectivity index (χ0n) is 8.66. The third-order valence-electron chi connectivity index (χ3n) is 2.38. The molecule has 0 aliphatic heterocycles. The van der Waals surface area contributed by atoms with Crippen LogP contribution >= 0.6 is 0 Å². The summed E-state index contributed by atoms with van der Waals surface area (Å²) in [4.78, 5) is 3.17. The molecule has 0 spiro atoms. The Morgan fingerprint density at radius 2 is 2.27 bits per heavy atom. The summed E-state index contributed by atoms with van der Waals surface area (Å²) in [7, 11) is 1.67. The van der Waals surface area contributed by atoms with Crippen LogP contribution in [-0.4, -0.2) is 18.6 Å². The fourth-order valence-electron chi connectivity index (χ4n) is 1.67. The normalized spacial score (nSPS) is 11.3. The lowest BCUT2D eigenvalue weighted by Crippen LogP contribution is -1.93. The molecule has 0 amide bonds. The van der Waals surface area contributed by atoms with Gasteiger partial charge in [0.15, 0.2) is 0 Å². The Hall–Kier alpha value is -1.74. The molecule has 0 saturated heterocycles. The standard InChI is InChI=1S/C12H14N2O/c1-15-12-5-4-11-9(6-8-14-11)10(12)3-2-7-13/h2-6,8,14H,7,13H2,1H3/b3-2+. The number of methoxy groups -OCH3 is 1. The molecule has 1 aromatic heterocycles.